The number of aromatic nitrogens is 2. The third kappa shape index (κ3) is 3.05. The van der Waals surface area contributed by atoms with E-state index in [0.29, 0.717) is 24.7 Å². The van der Waals surface area contributed by atoms with Crippen LogP contribution in [0.15, 0.2) is 34.9 Å². The van der Waals surface area contributed by atoms with Crippen LogP contribution in [0.4, 0.5) is 4.79 Å². The van der Waals surface area contributed by atoms with Gasteiger partial charge in [-0.1, -0.05) is 29.8 Å². The van der Waals surface area contributed by atoms with Gasteiger partial charge in [0.15, 0.2) is 5.82 Å². The van der Waals surface area contributed by atoms with Crippen LogP contribution in [0.3, 0.4) is 0 Å². The zero-order valence-corrected chi connectivity index (χ0v) is 15.1. The van der Waals surface area contributed by atoms with Crippen LogP contribution in [0.2, 0.25) is 0 Å². The van der Waals surface area contributed by atoms with Crippen LogP contribution < -0.4 is 5.32 Å². The molecule has 2 aromatic rings. The summed E-state index contributed by atoms with van der Waals surface area (Å²) in [4.78, 5) is 30.4. The second kappa shape index (κ2) is 6.68. The summed E-state index contributed by atoms with van der Waals surface area (Å²) in [6.07, 6.45) is 2.41. The Labute approximate surface area is 156 Å². The van der Waals surface area contributed by atoms with Gasteiger partial charge in [-0.3, -0.25) is 4.79 Å². The van der Waals surface area contributed by atoms with E-state index >= 15 is 0 Å². The molecule has 0 spiro atoms. The van der Waals surface area contributed by atoms with Crippen molar-refractivity contribution in [1.82, 2.24) is 20.4 Å². The molecular formula is C19H22N4O4. The number of carboxylic acid groups (broad SMARTS) is 1. The van der Waals surface area contributed by atoms with Crippen molar-refractivity contribution < 1.29 is 19.2 Å². The molecule has 3 atom stereocenters. The molecule has 2 fully saturated rings. The number of benzene rings is 1. The molecule has 1 saturated carbocycles. The van der Waals surface area contributed by atoms with E-state index in [2.05, 4.69) is 15.5 Å². The molecule has 1 aromatic heterocycles. The Morgan fingerprint density at radius 3 is 2.85 bits per heavy atom. The second-order valence-electron chi connectivity index (χ2n) is 7.43. The molecule has 1 aliphatic carbocycles. The average Bonchev–Trinajstić information content (AvgIpc) is 3.36. The van der Waals surface area contributed by atoms with E-state index in [4.69, 9.17) is 4.52 Å². The molecule has 1 saturated heterocycles. The molecular weight excluding hydrogens is 348 g/mol. The molecule has 27 heavy (non-hydrogen) atoms. The number of hydrogen-bond acceptors (Lipinski definition) is 5. The van der Waals surface area contributed by atoms with Crippen LogP contribution in [-0.4, -0.2) is 45.2 Å². The monoisotopic (exact) mass is 370 g/mol. The molecule has 4 rings (SSSR count). The number of fused-ring (bicyclic) bond motifs is 1. The molecule has 0 radical (unpaired) electrons. The van der Waals surface area contributed by atoms with E-state index < -0.39 is 17.4 Å². The Kier molecular flexibility index (Phi) is 4.33. The van der Waals surface area contributed by atoms with Gasteiger partial charge in [0.25, 0.3) is 5.89 Å². The van der Waals surface area contributed by atoms with E-state index in [9.17, 15) is 14.7 Å². The van der Waals surface area contributed by atoms with Crippen LogP contribution in [0.5, 0.6) is 0 Å². The summed E-state index contributed by atoms with van der Waals surface area (Å²) >= 11 is 0. The van der Waals surface area contributed by atoms with Crippen molar-refractivity contribution >= 4 is 12.0 Å². The predicted molar refractivity (Wildman–Crippen MR) is 95.7 cm³/mol. The Morgan fingerprint density at radius 2 is 2.15 bits per heavy atom. The van der Waals surface area contributed by atoms with E-state index in [1.165, 1.54) is 0 Å². The number of amides is 2. The van der Waals surface area contributed by atoms with Crippen molar-refractivity contribution in [2.24, 2.45) is 11.3 Å². The number of carbonyl (C=O) groups excluding carboxylic acids is 1. The molecule has 2 amide bonds. The lowest BCUT2D eigenvalue weighted by Gasteiger charge is -2.24. The number of carbonyl (C=O) groups is 2. The van der Waals surface area contributed by atoms with Gasteiger partial charge in [0.05, 0.1) is 11.5 Å². The minimum absolute atomic E-state index is 0.0333. The van der Waals surface area contributed by atoms with Gasteiger partial charge in [0.1, 0.15) is 0 Å². The number of urea groups is 1. The maximum atomic E-state index is 12.6. The maximum absolute atomic E-state index is 12.6. The number of aliphatic carboxylic acids is 1. The highest BCUT2D eigenvalue weighted by Crippen LogP contribution is 2.48. The van der Waals surface area contributed by atoms with Crippen molar-refractivity contribution in [2.45, 2.75) is 32.2 Å². The van der Waals surface area contributed by atoms with Gasteiger partial charge in [-0.25, -0.2) is 4.79 Å². The van der Waals surface area contributed by atoms with E-state index in [-0.39, 0.29) is 18.5 Å². The third-order valence-corrected chi connectivity index (χ3v) is 5.77. The normalized spacial score (nSPS) is 25.2. The fraction of sp³-hybridized carbons (Fsp3) is 0.474. The summed E-state index contributed by atoms with van der Waals surface area (Å²) < 4.78 is 5.28. The van der Waals surface area contributed by atoms with Crippen molar-refractivity contribution in [3.63, 3.8) is 0 Å². The Hall–Kier alpha value is -2.90. The van der Waals surface area contributed by atoms with Gasteiger partial charge in [0, 0.05) is 18.7 Å². The van der Waals surface area contributed by atoms with Crippen LogP contribution in [0, 0.1) is 11.3 Å². The van der Waals surface area contributed by atoms with Crippen LogP contribution in [-0.2, 0) is 4.79 Å². The highest BCUT2D eigenvalue weighted by molar-refractivity contribution is 5.80. The first-order chi connectivity index (χ1) is 13.0. The van der Waals surface area contributed by atoms with Gasteiger partial charge in [-0.2, -0.15) is 4.98 Å². The third-order valence-electron chi connectivity index (χ3n) is 5.77. The van der Waals surface area contributed by atoms with Gasteiger partial charge < -0.3 is 19.8 Å². The summed E-state index contributed by atoms with van der Waals surface area (Å²) in [6, 6.07) is 8.67. The van der Waals surface area contributed by atoms with Crippen molar-refractivity contribution in [3.8, 4) is 11.5 Å². The highest BCUT2D eigenvalue weighted by Gasteiger charge is 2.55. The number of nitrogens with zero attached hydrogens (tertiary/aromatic N) is 3. The van der Waals surface area contributed by atoms with Crippen LogP contribution in [0.1, 0.15) is 38.1 Å². The number of carboxylic acids is 1. The fourth-order valence-corrected chi connectivity index (χ4v) is 4.24. The molecule has 2 heterocycles. The summed E-state index contributed by atoms with van der Waals surface area (Å²) in [6.45, 7) is 2.51. The Balaban J connectivity index is 1.42. The fourth-order valence-electron chi connectivity index (χ4n) is 4.24. The number of rotatable bonds is 4. The Bertz CT molecular complexity index is 852. The standard InChI is InChI=1S/C19H22N4O4/c1-12(15-21-16(27-22-15)13-6-3-2-4-7-13)20-18(26)23-10-14-8-5-9-19(14,11-23)17(24)25/h2-4,6-7,12,14H,5,8-11H2,1H3,(H,20,26)(H,24,25)/t12?,14-,19+/m0/s1. The SMILES string of the molecule is CC(NC(=O)N1C[C@@H]2CCC[C@@]2(C(=O)O)C1)c1noc(-c2ccccc2)n1. The first-order valence-corrected chi connectivity index (χ1v) is 9.17. The first-order valence-electron chi connectivity index (χ1n) is 9.17. The topological polar surface area (TPSA) is 109 Å². The lowest BCUT2D eigenvalue weighted by Crippen LogP contribution is -2.42. The molecule has 0 bridgehead atoms. The quantitative estimate of drug-likeness (QED) is 0.856. The lowest BCUT2D eigenvalue weighted by molar-refractivity contribution is -0.149. The van der Waals surface area contributed by atoms with Gasteiger partial charge in [-0.15, -0.1) is 0 Å². The lowest BCUT2D eigenvalue weighted by atomic mass is 9.81. The van der Waals surface area contributed by atoms with E-state index in [1.54, 1.807) is 11.8 Å². The minimum Gasteiger partial charge on any atom is -0.481 e. The summed E-state index contributed by atoms with van der Waals surface area (Å²) in [5.41, 5.74) is 0.0262. The van der Waals surface area contributed by atoms with Gasteiger partial charge in [-0.05, 0) is 37.8 Å². The zero-order valence-electron chi connectivity index (χ0n) is 15.1. The van der Waals surface area contributed by atoms with Gasteiger partial charge >= 0.3 is 12.0 Å². The molecule has 142 valence electrons. The van der Waals surface area contributed by atoms with E-state index in [1.807, 2.05) is 30.3 Å². The van der Waals surface area contributed by atoms with E-state index in [0.717, 1.165) is 18.4 Å². The minimum atomic E-state index is -0.793. The van der Waals surface area contributed by atoms with Crippen molar-refractivity contribution in [2.75, 3.05) is 13.1 Å². The predicted octanol–water partition coefficient (Wildman–Crippen LogP) is 2.69. The molecule has 1 aliphatic heterocycles. The number of nitrogens with one attached hydrogen (secondary N) is 1. The van der Waals surface area contributed by atoms with Crippen molar-refractivity contribution in [1.29, 1.82) is 0 Å². The summed E-state index contributed by atoms with van der Waals surface area (Å²) in [7, 11) is 0. The van der Waals surface area contributed by atoms with Gasteiger partial charge in [0.2, 0.25) is 0 Å². The molecule has 8 heteroatoms. The average molecular weight is 370 g/mol. The first kappa shape index (κ1) is 17.5. The molecule has 2 N–H and O–H groups in total. The Morgan fingerprint density at radius 1 is 1.37 bits per heavy atom. The maximum Gasteiger partial charge on any atom is 0.318 e. The number of likely N-dealkylation sites (tertiary alicyclic amines) is 1. The largest absolute Gasteiger partial charge is 0.481 e. The molecule has 2 aliphatic rings. The van der Waals surface area contributed by atoms with Crippen LogP contribution >= 0.6 is 0 Å². The zero-order chi connectivity index (χ0) is 19.0. The smallest absolute Gasteiger partial charge is 0.318 e. The molecule has 8 nitrogen and oxygen atoms in total. The molecule has 1 unspecified atom stereocenters. The summed E-state index contributed by atoms with van der Waals surface area (Å²) in [5.74, 6) is 0.0201. The van der Waals surface area contributed by atoms with Crippen LogP contribution in [0.25, 0.3) is 11.5 Å². The second-order valence-corrected chi connectivity index (χ2v) is 7.43. The molecule has 1 aromatic carbocycles. The van der Waals surface area contributed by atoms with Crippen molar-refractivity contribution in [3.05, 3.63) is 36.2 Å². The number of hydrogen-bond donors (Lipinski definition) is 2. The summed E-state index contributed by atoms with van der Waals surface area (Å²) in [5, 5.41) is 16.5. The highest BCUT2D eigenvalue weighted by atomic mass is 16.5.